The molecule has 2 rings (SSSR count). The van der Waals surface area contributed by atoms with Crippen LogP contribution in [0.3, 0.4) is 0 Å². The molecule has 118 valence electrons. The molecule has 0 bridgehead atoms. The molecular formula is C18H29NO2. The molecule has 3 heteroatoms. The van der Waals surface area contributed by atoms with Crippen LogP contribution in [0.1, 0.15) is 43.9 Å². The van der Waals surface area contributed by atoms with E-state index in [1.807, 2.05) is 0 Å². The van der Waals surface area contributed by atoms with Gasteiger partial charge in [-0.2, -0.15) is 0 Å². The first-order valence-corrected chi connectivity index (χ1v) is 8.20. The smallest absolute Gasteiger partial charge is 0.0741 e. The van der Waals surface area contributed by atoms with Crippen LogP contribution in [0.25, 0.3) is 0 Å². The first-order valence-electron chi connectivity index (χ1n) is 8.20. The quantitative estimate of drug-likeness (QED) is 0.834. The van der Waals surface area contributed by atoms with Crippen molar-refractivity contribution in [1.29, 1.82) is 0 Å². The Kier molecular flexibility index (Phi) is 6.68. The number of nitrogens with one attached hydrogen (secondary N) is 1. The molecule has 21 heavy (non-hydrogen) atoms. The largest absolute Gasteiger partial charge is 0.381 e. The summed E-state index contributed by atoms with van der Waals surface area (Å²) in [6.07, 6.45) is 2.43. The summed E-state index contributed by atoms with van der Waals surface area (Å²) in [6.45, 7) is 10.0. The van der Waals surface area contributed by atoms with E-state index in [2.05, 4.69) is 50.4 Å². The number of hydrogen-bond acceptors (Lipinski definition) is 3. The van der Waals surface area contributed by atoms with E-state index < -0.39 is 0 Å². The molecule has 1 aromatic rings. The molecule has 1 aliphatic heterocycles. The van der Waals surface area contributed by atoms with Crippen LogP contribution in [0, 0.1) is 12.8 Å². The molecule has 2 unspecified atom stereocenters. The highest BCUT2D eigenvalue weighted by molar-refractivity contribution is 5.24. The van der Waals surface area contributed by atoms with Crippen LogP contribution in [0.2, 0.25) is 0 Å². The molecule has 0 saturated carbocycles. The van der Waals surface area contributed by atoms with Crippen LogP contribution in [-0.4, -0.2) is 32.5 Å². The average molecular weight is 291 g/mol. The van der Waals surface area contributed by atoms with Crippen molar-refractivity contribution in [2.24, 2.45) is 5.92 Å². The second kappa shape index (κ2) is 8.52. The van der Waals surface area contributed by atoms with Gasteiger partial charge in [0.2, 0.25) is 0 Å². The first kappa shape index (κ1) is 16.5. The Morgan fingerprint density at radius 3 is 2.52 bits per heavy atom. The number of likely N-dealkylation sites (N-methyl/N-ethyl adjacent to an activating group) is 1. The summed E-state index contributed by atoms with van der Waals surface area (Å²) in [5, 5.41) is 3.56. The molecule has 0 spiro atoms. The zero-order valence-corrected chi connectivity index (χ0v) is 13.6. The number of benzene rings is 1. The summed E-state index contributed by atoms with van der Waals surface area (Å²) in [7, 11) is 0. The third-order valence-electron chi connectivity index (χ3n) is 4.27. The summed E-state index contributed by atoms with van der Waals surface area (Å²) >= 11 is 0. The van der Waals surface area contributed by atoms with Crippen LogP contribution in [0.15, 0.2) is 24.3 Å². The molecule has 1 aliphatic rings. The highest BCUT2D eigenvalue weighted by Gasteiger charge is 2.21. The maximum absolute atomic E-state index is 6.16. The number of rotatable bonds is 7. The van der Waals surface area contributed by atoms with Crippen molar-refractivity contribution in [2.45, 2.75) is 45.8 Å². The fourth-order valence-electron chi connectivity index (χ4n) is 2.85. The maximum atomic E-state index is 6.16. The molecule has 0 aliphatic carbocycles. The first-order chi connectivity index (χ1) is 10.2. The summed E-state index contributed by atoms with van der Waals surface area (Å²) in [4.78, 5) is 0. The Labute approximate surface area is 129 Å². The van der Waals surface area contributed by atoms with Crippen molar-refractivity contribution in [1.82, 2.24) is 5.32 Å². The molecule has 1 fully saturated rings. The van der Waals surface area contributed by atoms with E-state index >= 15 is 0 Å². The molecular weight excluding hydrogens is 262 g/mol. The summed E-state index contributed by atoms with van der Waals surface area (Å²) in [5.41, 5.74) is 2.60. The van der Waals surface area contributed by atoms with Crippen LogP contribution >= 0.6 is 0 Å². The van der Waals surface area contributed by atoms with Crippen molar-refractivity contribution in [3.05, 3.63) is 35.4 Å². The predicted molar refractivity (Wildman–Crippen MR) is 86.6 cm³/mol. The van der Waals surface area contributed by atoms with E-state index in [0.29, 0.717) is 5.92 Å². The van der Waals surface area contributed by atoms with Gasteiger partial charge in [-0.25, -0.2) is 0 Å². The van der Waals surface area contributed by atoms with E-state index in [0.717, 1.165) is 39.2 Å². The van der Waals surface area contributed by atoms with Crippen LogP contribution < -0.4 is 5.32 Å². The maximum Gasteiger partial charge on any atom is 0.0741 e. The highest BCUT2D eigenvalue weighted by Crippen LogP contribution is 2.22. The van der Waals surface area contributed by atoms with Gasteiger partial charge >= 0.3 is 0 Å². The monoisotopic (exact) mass is 291 g/mol. The zero-order chi connectivity index (χ0) is 15.1. The van der Waals surface area contributed by atoms with E-state index in [-0.39, 0.29) is 12.1 Å². The second-order valence-electron chi connectivity index (χ2n) is 6.04. The molecule has 1 saturated heterocycles. The molecule has 1 aromatic carbocycles. The Balaban J connectivity index is 1.91. The Bertz CT molecular complexity index is 398. The normalized spacial score (nSPS) is 19.4. The van der Waals surface area contributed by atoms with Gasteiger partial charge in [0.25, 0.3) is 0 Å². The van der Waals surface area contributed by atoms with Crippen molar-refractivity contribution >= 4 is 0 Å². The molecule has 1 N–H and O–H groups in total. The fraction of sp³-hybridized carbons (Fsp3) is 0.667. The summed E-state index contributed by atoms with van der Waals surface area (Å²) < 4.78 is 11.6. The van der Waals surface area contributed by atoms with E-state index in [9.17, 15) is 0 Å². The van der Waals surface area contributed by atoms with Crippen LogP contribution in [0.4, 0.5) is 0 Å². The minimum Gasteiger partial charge on any atom is -0.381 e. The van der Waals surface area contributed by atoms with E-state index in [4.69, 9.17) is 9.47 Å². The van der Waals surface area contributed by atoms with Crippen molar-refractivity contribution in [3.63, 3.8) is 0 Å². The third kappa shape index (κ3) is 5.10. The van der Waals surface area contributed by atoms with Gasteiger partial charge in [0.05, 0.1) is 18.8 Å². The Morgan fingerprint density at radius 2 is 1.90 bits per heavy atom. The van der Waals surface area contributed by atoms with Gasteiger partial charge in [-0.05, 0) is 44.7 Å². The van der Waals surface area contributed by atoms with Gasteiger partial charge in [-0.3, -0.25) is 0 Å². The standard InChI is InChI=1S/C18H29NO2/c1-4-19-18(17-7-5-14(2)6-8-17)15(3)21-13-16-9-11-20-12-10-16/h5-8,15-16,18-19H,4,9-13H2,1-3H3. The van der Waals surface area contributed by atoms with Crippen LogP contribution in [0.5, 0.6) is 0 Å². The molecule has 0 amide bonds. The lowest BCUT2D eigenvalue weighted by Crippen LogP contribution is -2.33. The predicted octanol–water partition coefficient (Wildman–Crippen LogP) is 3.48. The van der Waals surface area contributed by atoms with Gasteiger partial charge in [0.15, 0.2) is 0 Å². The van der Waals surface area contributed by atoms with Crippen molar-refractivity contribution in [2.75, 3.05) is 26.4 Å². The molecule has 1 heterocycles. The lowest BCUT2D eigenvalue weighted by atomic mass is 9.99. The summed E-state index contributed by atoms with van der Waals surface area (Å²) in [6, 6.07) is 9.01. The topological polar surface area (TPSA) is 30.5 Å². The Morgan fingerprint density at radius 1 is 1.24 bits per heavy atom. The lowest BCUT2D eigenvalue weighted by molar-refractivity contribution is -0.0172. The minimum absolute atomic E-state index is 0.176. The third-order valence-corrected chi connectivity index (χ3v) is 4.27. The van der Waals surface area contributed by atoms with Gasteiger partial charge in [-0.15, -0.1) is 0 Å². The Hall–Kier alpha value is -0.900. The molecule has 2 atom stereocenters. The number of aryl methyl sites for hydroxylation is 1. The number of ether oxygens (including phenoxy) is 2. The lowest BCUT2D eigenvalue weighted by Gasteiger charge is -2.28. The minimum atomic E-state index is 0.176. The van der Waals surface area contributed by atoms with Crippen molar-refractivity contribution < 1.29 is 9.47 Å². The molecule has 3 nitrogen and oxygen atoms in total. The average Bonchev–Trinajstić information content (AvgIpc) is 2.52. The van der Waals surface area contributed by atoms with Gasteiger partial charge < -0.3 is 14.8 Å². The van der Waals surface area contributed by atoms with Gasteiger partial charge in [0.1, 0.15) is 0 Å². The van der Waals surface area contributed by atoms with E-state index in [1.54, 1.807) is 0 Å². The zero-order valence-electron chi connectivity index (χ0n) is 13.6. The van der Waals surface area contributed by atoms with Crippen molar-refractivity contribution in [3.8, 4) is 0 Å². The molecule has 0 radical (unpaired) electrons. The fourth-order valence-corrected chi connectivity index (χ4v) is 2.85. The van der Waals surface area contributed by atoms with Gasteiger partial charge in [-0.1, -0.05) is 36.8 Å². The second-order valence-corrected chi connectivity index (χ2v) is 6.04. The molecule has 0 aromatic heterocycles. The van der Waals surface area contributed by atoms with Gasteiger partial charge in [0, 0.05) is 13.2 Å². The summed E-state index contributed by atoms with van der Waals surface area (Å²) in [5.74, 6) is 0.654. The van der Waals surface area contributed by atoms with E-state index in [1.165, 1.54) is 11.1 Å². The highest BCUT2D eigenvalue weighted by atomic mass is 16.5. The number of hydrogen-bond donors (Lipinski definition) is 1. The SMILES string of the molecule is CCNC(c1ccc(C)cc1)C(C)OCC1CCOCC1. The van der Waals surface area contributed by atoms with Crippen LogP contribution in [-0.2, 0) is 9.47 Å².